The summed E-state index contributed by atoms with van der Waals surface area (Å²) in [5.41, 5.74) is 9.66. The van der Waals surface area contributed by atoms with Crippen molar-refractivity contribution < 1.29 is 4.79 Å². The molecular weight excluding hydrogens is 358 g/mol. The van der Waals surface area contributed by atoms with Crippen LogP contribution in [0.3, 0.4) is 0 Å². The highest BCUT2D eigenvalue weighted by atomic mass is 32.1. The number of thiophene rings is 1. The molecule has 5 nitrogen and oxygen atoms in total. The van der Waals surface area contributed by atoms with E-state index >= 15 is 0 Å². The van der Waals surface area contributed by atoms with Gasteiger partial charge in [0.1, 0.15) is 16.7 Å². The molecule has 0 saturated carbocycles. The standard InChI is InChI=1S/C21H25N3O2S/c1-5-7-17-23-20-18(21(26)24(17)16(6-2)19(22)25)15(11-27-20)14-9-8-12(3)13(4)10-14/h8-11,16H,5-7H2,1-4H3,(H2,22,25). The lowest BCUT2D eigenvalue weighted by molar-refractivity contribution is -0.121. The van der Waals surface area contributed by atoms with Crippen molar-refractivity contribution in [2.75, 3.05) is 0 Å². The van der Waals surface area contributed by atoms with Crippen LogP contribution in [0.2, 0.25) is 0 Å². The first-order chi connectivity index (χ1) is 12.9. The highest BCUT2D eigenvalue weighted by molar-refractivity contribution is 7.17. The molecule has 0 aliphatic carbocycles. The van der Waals surface area contributed by atoms with Crippen molar-refractivity contribution in [2.24, 2.45) is 5.73 Å². The van der Waals surface area contributed by atoms with Crippen LogP contribution in [0.25, 0.3) is 21.3 Å². The van der Waals surface area contributed by atoms with E-state index in [-0.39, 0.29) is 5.56 Å². The molecule has 1 aromatic carbocycles. The number of benzene rings is 1. The van der Waals surface area contributed by atoms with Crippen LogP contribution >= 0.6 is 11.3 Å². The van der Waals surface area contributed by atoms with Gasteiger partial charge in [-0.15, -0.1) is 11.3 Å². The second kappa shape index (κ2) is 7.64. The molecule has 0 aliphatic heterocycles. The van der Waals surface area contributed by atoms with Crippen LogP contribution in [0.5, 0.6) is 0 Å². The smallest absolute Gasteiger partial charge is 0.263 e. The molecule has 0 saturated heterocycles. The first-order valence-electron chi connectivity index (χ1n) is 9.28. The Labute approximate surface area is 162 Å². The molecule has 0 spiro atoms. The third kappa shape index (κ3) is 3.41. The Morgan fingerprint density at radius 3 is 2.59 bits per heavy atom. The lowest BCUT2D eigenvalue weighted by Crippen LogP contribution is -2.36. The summed E-state index contributed by atoms with van der Waals surface area (Å²) >= 11 is 1.47. The van der Waals surface area contributed by atoms with Gasteiger partial charge >= 0.3 is 0 Å². The van der Waals surface area contributed by atoms with Gasteiger partial charge in [-0.3, -0.25) is 14.2 Å². The maximum atomic E-state index is 13.5. The molecule has 0 radical (unpaired) electrons. The van der Waals surface area contributed by atoms with E-state index in [1.54, 1.807) is 0 Å². The fourth-order valence-corrected chi connectivity index (χ4v) is 4.36. The number of hydrogen-bond acceptors (Lipinski definition) is 4. The van der Waals surface area contributed by atoms with Crippen LogP contribution in [0.1, 0.15) is 49.7 Å². The minimum atomic E-state index is -0.677. The molecule has 2 heterocycles. The van der Waals surface area contributed by atoms with Gasteiger partial charge in [0.2, 0.25) is 5.91 Å². The van der Waals surface area contributed by atoms with Crippen LogP contribution in [0.4, 0.5) is 0 Å². The van der Waals surface area contributed by atoms with Gasteiger partial charge in [0, 0.05) is 17.4 Å². The number of carbonyl (C=O) groups is 1. The molecule has 6 heteroatoms. The number of primary amides is 1. The minimum absolute atomic E-state index is 0.177. The van der Waals surface area contributed by atoms with E-state index < -0.39 is 11.9 Å². The van der Waals surface area contributed by atoms with Gasteiger partial charge in [0.25, 0.3) is 5.56 Å². The summed E-state index contributed by atoms with van der Waals surface area (Å²) in [4.78, 5) is 30.9. The predicted octanol–water partition coefficient (Wildman–Crippen LogP) is 4.13. The van der Waals surface area contributed by atoms with Crippen molar-refractivity contribution in [1.29, 1.82) is 0 Å². The number of amides is 1. The van der Waals surface area contributed by atoms with Gasteiger partial charge in [-0.2, -0.15) is 0 Å². The van der Waals surface area contributed by atoms with Crippen LogP contribution in [0.15, 0.2) is 28.4 Å². The Bertz CT molecular complexity index is 1070. The lowest BCUT2D eigenvalue weighted by atomic mass is 10.0. The zero-order valence-electron chi connectivity index (χ0n) is 16.2. The Morgan fingerprint density at radius 1 is 1.26 bits per heavy atom. The fourth-order valence-electron chi connectivity index (χ4n) is 3.40. The number of aryl methyl sites for hydroxylation is 3. The van der Waals surface area contributed by atoms with E-state index in [9.17, 15) is 9.59 Å². The number of hydrogen-bond donors (Lipinski definition) is 1. The van der Waals surface area contributed by atoms with Crippen molar-refractivity contribution in [3.05, 3.63) is 50.9 Å². The maximum absolute atomic E-state index is 13.5. The van der Waals surface area contributed by atoms with Crippen molar-refractivity contribution in [2.45, 2.75) is 53.0 Å². The summed E-state index contributed by atoms with van der Waals surface area (Å²) in [6.45, 7) is 8.01. The molecule has 142 valence electrons. The Balaban J connectivity index is 2.33. The second-order valence-corrected chi connectivity index (χ2v) is 7.77. The van der Waals surface area contributed by atoms with Crippen LogP contribution in [-0.4, -0.2) is 15.5 Å². The molecule has 3 aromatic rings. The SMILES string of the molecule is CCCc1nc2scc(-c3ccc(C)c(C)c3)c2c(=O)n1C(CC)C(N)=O. The maximum Gasteiger partial charge on any atom is 0.263 e. The Morgan fingerprint density at radius 2 is 2.00 bits per heavy atom. The van der Waals surface area contributed by atoms with Crippen LogP contribution in [0, 0.1) is 13.8 Å². The molecule has 2 N–H and O–H groups in total. The minimum Gasteiger partial charge on any atom is -0.368 e. The number of aromatic nitrogens is 2. The Hall–Kier alpha value is -2.47. The van der Waals surface area contributed by atoms with Gasteiger partial charge in [-0.05, 0) is 43.4 Å². The summed E-state index contributed by atoms with van der Waals surface area (Å²) < 4.78 is 1.52. The van der Waals surface area contributed by atoms with Crippen molar-refractivity contribution in [1.82, 2.24) is 9.55 Å². The van der Waals surface area contributed by atoms with Crippen LogP contribution < -0.4 is 11.3 Å². The molecule has 2 aromatic heterocycles. The number of nitrogens with zero attached hydrogens (tertiary/aromatic N) is 2. The molecule has 1 amide bonds. The average Bonchev–Trinajstić information content (AvgIpc) is 3.04. The third-order valence-corrected chi connectivity index (χ3v) is 5.90. The second-order valence-electron chi connectivity index (χ2n) is 6.91. The first kappa shape index (κ1) is 19.3. The van der Waals surface area contributed by atoms with E-state index in [1.165, 1.54) is 27.0 Å². The van der Waals surface area contributed by atoms with E-state index in [1.807, 2.05) is 25.3 Å². The highest BCUT2D eigenvalue weighted by Gasteiger charge is 2.24. The third-order valence-electron chi connectivity index (χ3n) is 5.03. The largest absolute Gasteiger partial charge is 0.368 e. The van der Waals surface area contributed by atoms with Gasteiger partial charge in [0.15, 0.2) is 0 Å². The first-order valence-corrected chi connectivity index (χ1v) is 10.2. The average molecular weight is 384 g/mol. The topological polar surface area (TPSA) is 78.0 Å². The molecule has 0 fully saturated rings. The molecule has 0 bridgehead atoms. The highest BCUT2D eigenvalue weighted by Crippen LogP contribution is 2.32. The monoisotopic (exact) mass is 383 g/mol. The normalized spacial score (nSPS) is 12.4. The number of nitrogens with two attached hydrogens (primary N) is 1. The Kier molecular flexibility index (Phi) is 5.46. The molecule has 1 unspecified atom stereocenters. The summed E-state index contributed by atoms with van der Waals surface area (Å²) in [5.74, 6) is 0.134. The van der Waals surface area contributed by atoms with E-state index in [0.717, 1.165) is 17.5 Å². The zero-order valence-corrected chi connectivity index (χ0v) is 17.0. The van der Waals surface area contributed by atoms with Gasteiger partial charge in [0.05, 0.1) is 5.39 Å². The molecular formula is C21H25N3O2S. The van der Waals surface area contributed by atoms with Crippen molar-refractivity contribution >= 4 is 27.5 Å². The van der Waals surface area contributed by atoms with E-state index in [4.69, 9.17) is 10.7 Å². The molecule has 1 atom stereocenters. The molecule has 3 rings (SSSR count). The van der Waals surface area contributed by atoms with Crippen molar-refractivity contribution in [3.8, 4) is 11.1 Å². The number of rotatable bonds is 6. The summed E-state index contributed by atoms with van der Waals surface area (Å²) in [6.07, 6.45) is 1.93. The van der Waals surface area contributed by atoms with E-state index in [2.05, 4.69) is 26.0 Å². The quantitative estimate of drug-likeness (QED) is 0.695. The molecule has 0 aliphatic rings. The van der Waals surface area contributed by atoms with Gasteiger partial charge in [-0.1, -0.05) is 32.0 Å². The summed E-state index contributed by atoms with van der Waals surface area (Å²) in [6, 6.07) is 5.50. The van der Waals surface area contributed by atoms with Crippen LogP contribution in [-0.2, 0) is 11.2 Å². The molecule has 27 heavy (non-hydrogen) atoms. The van der Waals surface area contributed by atoms with Gasteiger partial charge < -0.3 is 5.73 Å². The summed E-state index contributed by atoms with van der Waals surface area (Å²) in [5, 5.41) is 2.55. The van der Waals surface area contributed by atoms with Crippen molar-refractivity contribution in [3.63, 3.8) is 0 Å². The lowest BCUT2D eigenvalue weighted by Gasteiger charge is -2.19. The predicted molar refractivity (Wildman–Crippen MR) is 111 cm³/mol. The fraction of sp³-hybridized carbons (Fsp3) is 0.381. The summed E-state index contributed by atoms with van der Waals surface area (Å²) in [7, 11) is 0. The zero-order chi connectivity index (χ0) is 19.7. The van der Waals surface area contributed by atoms with E-state index in [0.29, 0.717) is 28.9 Å². The number of carbonyl (C=O) groups excluding carboxylic acids is 1. The number of fused-ring (bicyclic) bond motifs is 1. The van der Waals surface area contributed by atoms with Gasteiger partial charge in [-0.25, -0.2) is 4.98 Å².